The van der Waals surface area contributed by atoms with Gasteiger partial charge in [-0.1, -0.05) is 26.8 Å². The summed E-state index contributed by atoms with van der Waals surface area (Å²) in [4.78, 5) is 5.09. The number of aryl methyl sites for hydroxylation is 1. The second kappa shape index (κ2) is 7.28. The molecule has 1 aliphatic heterocycles. The molecule has 0 amide bonds. The van der Waals surface area contributed by atoms with Gasteiger partial charge in [0.1, 0.15) is 0 Å². The van der Waals surface area contributed by atoms with Gasteiger partial charge in [-0.05, 0) is 43.7 Å². The molecule has 3 heteroatoms. The fourth-order valence-electron chi connectivity index (χ4n) is 3.09. The van der Waals surface area contributed by atoms with Crippen LogP contribution < -0.4 is 10.2 Å². The standard InChI is InChI=1S/C18H31N3/c1-6-20-9-10-21(13-16(20)5)18-8-7-17(15(4)11-18)12-19-14(2)3/h7-8,11,14,16,19H,6,9-10,12-13H2,1-5H3. The van der Waals surface area contributed by atoms with E-state index in [0.29, 0.717) is 12.1 Å². The SMILES string of the molecule is CCN1CCN(c2ccc(CNC(C)C)c(C)c2)CC1C. The molecule has 0 saturated carbocycles. The highest BCUT2D eigenvalue weighted by Crippen LogP contribution is 2.22. The summed E-state index contributed by atoms with van der Waals surface area (Å²) in [5.74, 6) is 0. The number of rotatable bonds is 5. The molecule has 1 saturated heterocycles. The lowest BCUT2D eigenvalue weighted by Gasteiger charge is -2.40. The van der Waals surface area contributed by atoms with Crippen molar-refractivity contribution in [3.8, 4) is 0 Å². The Morgan fingerprint density at radius 2 is 2.05 bits per heavy atom. The molecule has 0 aliphatic carbocycles. The highest BCUT2D eigenvalue weighted by molar-refractivity contribution is 5.51. The van der Waals surface area contributed by atoms with Gasteiger partial charge in [-0.15, -0.1) is 0 Å². The lowest BCUT2D eigenvalue weighted by Crippen LogP contribution is -2.51. The summed E-state index contributed by atoms with van der Waals surface area (Å²) in [6.07, 6.45) is 0. The molecule has 1 aromatic carbocycles. The molecule has 0 bridgehead atoms. The Hall–Kier alpha value is -1.06. The smallest absolute Gasteiger partial charge is 0.0370 e. The molecule has 0 radical (unpaired) electrons. The molecule has 0 aromatic heterocycles. The van der Waals surface area contributed by atoms with Gasteiger partial charge in [0.15, 0.2) is 0 Å². The molecule has 21 heavy (non-hydrogen) atoms. The third-order valence-electron chi connectivity index (χ3n) is 4.56. The second-order valence-corrected chi connectivity index (χ2v) is 6.57. The van der Waals surface area contributed by atoms with Crippen LogP contribution in [0.3, 0.4) is 0 Å². The Labute approximate surface area is 130 Å². The van der Waals surface area contributed by atoms with E-state index in [1.165, 1.54) is 23.4 Å². The van der Waals surface area contributed by atoms with Crippen LogP contribution in [-0.2, 0) is 6.54 Å². The third kappa shape index (κ3) is 4.21. The lowest BCUT2D eigenvalue weighted by atomic mass is 10.1. The van der Waals surface area contributed by atoms with E-state index in [4.69, 9.17) is 0 Å². The van der Waals surface area contributed by atoms with Crippen molar-refractivity contribution >= 4 is 5.69 Å². The van der Waals surface area contributed by atoms with Gasteiger partial charge in [-0.3, -0.25) is 4.90 Å². The van der Waals surface area contributed by atoms with E-state index in [0.717, 1.165) is 26.2 Å². The summed E-state index contributed by atoms with van der Waals surface area (Å²) in [5.41, 5.74) is 4.18. The summed E-state index contributed by atoms with van der Waals surface area (Å²) in [6, 6.07) is 8.11. The van der Waals surface area contributed by atoms with Crippen molar-refractivity contribution in [1.29, 1.82) is 0 Å². The summed E-state index contributed by atoms with van der Waals surface area (Å²) in [5, 5.41) is 3.50. The van der Waals surface area contributed by atoms with Crippen LogP contribution in [0.4, 0.5) is 5.69 Å². The lowest BCUT2D eigenvalue weighted by molar-refractivity contribution is 0.199. The fourth-order valence-corrected chi connectivity index (χ4v) is 3.09. The van der Waals surface area contributed by atoms with E-state index in [1.54, 1.807) is 0 Å². The van der Waals surface area contributed by atoms with E-state index in [1.807, 2.05) is 0 Å². The van der Waals surface area contributed by atoms with Crippen molar-refractivity contribution in [2.75, 3.05) is 31.1 Å². The van der Waals surface area contributed by atoms with Crippen LogP contribution in [0.15, 0.2) is 18.2 Å². The Morgan fingerprint density at radius 3 is 2.62 bits per heavy atom. The monoisotopic (exact) mass is 289 g/mol. The average molecular weight is 289 g/mol. The summed E-state index contributed by atoms with van der Waals surface area (Å²) in [6.45, 7) is 16.8. The number of hydrogen-bond donors (Lipinski definition) is 1. The van der Waals surface area contributed by atoms with Crippen LogP contribution in [0.1, 0.15) is 38.8 Å². The Morgan fingerprint density at radius 1 is 1.29 bits per heavy atom. The fraction of sp³-hybridized carbons (Fsp3) is 0.667. The van der Waals surface area contributed by atoms with Crippen molar-refractivity contribution in [2.45, 2.75) is 53.2 Å². The Kier molecular flexibility index (Phi) is 5.65. The molecule has 118 valence electrons. The van der Waals surface area contributed by atoms with Crippen LogP contribution in [0.5, 0.6) is 0 Å². The molecule has 0 spiro atoms. The molecule has 1 heterocycles. The van der Waals surface area contributed by atoms with Crippen molar-refractivity contribution in [3.05, 3.63) is 29.3 Å². The summed E-state index contributed by atoms with van der Waals surface area (Å²) >= 11 is 0. The number of nitrogens with zero attached hydrogens (tertiary/aromatic N) is 2. The zero-order valence-electron chi connectivity index (χ0n) is 14.3. The minimum absolute atomic E-state index is 0.534. The van der Waals surface area contributed by atoms with Crippen molar-refractivity contribution in [2.24, 2.45) is 0 Å². The molecule has 3 nitrogen and oxygen atoms in total. The number of anilines is 1. The molecule has 1 aliphatic rings. The molecule has 1 atom stereocenters. The quantitative estimate of drug-likeness (QED) is 0.899. The minimum Gasteiger partial charge on any atom is -0.369 e. The maximum atomic E-state index is 3.50. The topological polar surface area (TPSA) is 18.5 Å². The molecule has 1 aromatic rings. The highest BCUT2D eigenvalue weighted by atomic mass is 15.3. The van der Waals surface area contributed by atoms with E-state index >= 15 is 0 Å². The summed E-state index contributed by atoms with van der Waals surface area (Å²) < 4.78 is 0. The Balaban J connectivity index is 2.03. The summed E-state index contributed by atoms with van der Waals surface area (Å²) in [7, 11) is 0. The zero-order valence-corrected chi connectivity index (χ0v) is 14.3. The highest BCUT2D eigenvalue weighted by Gasteiger charge is 2.22. The van der Waals surface area contributed by atoms with Crippen molar-refractivity contribution in [3.63, 3.8) is 0 Å². The molecule has 1 N–H and O–H groups in total. The first-order chi connectivity index (χ1) is 10.0. The van der Waals surface area contributed by atoms with Gasteiger partial charge in [0, 0.05) is 44.0 Å². The van der Waals surface area contributed by atoms with E-state index in [2.05, 4.69) is 67.9 Å². The number of likely N-dealkylation sites (N-methyl/N-ethyl adjacent to an activating group) is 1. The normalized spacial score (nSPS) is 20.3. The van der Waals surface area contributed by atoms with E-state index < -0.39 is 0 Å². The van der Waals surface area contributed by atoms with Gasteiger partial charge in [-0.2, -0.15) is 0 Å². The van der Waals surface area contributed by atoms with Crippen molar-refractivity contribution in [1.82, 2.24) is 10.2 Å². The number of hydrogen-bond acceptors (Lipinski definition) is 3. The van der Waals surface area contributed by atoms with Gasteiger partial charge in [0.2, 0.25) is 0 Å². The first kappa shape index (κ1) is 16.3. The molecule has 2 rings (SSSR count). The number of piperazine rings is 1. The first-order valence-electron chi connectivity index (χ1n) is 8.33. The van der Waals surface area contributed by atoms with Crippen LogP contribution in [0.2, 0.25) is 0 Å². The predicted molar refractivity (Wildman–Crippen MR) is 92.1 cm³/mol. The van der Waals surface area contributed by atoms with Gasteiger partial charge >= 0.3 is 0 Å². The van der Waals surface area contributed by atoms with Crippen molar-refractivity contribution < 1.29 is 0 Å². The third-order valence-corrected chi connectivity index (χ3v) is 4.56. The largest absolute Gasteiger partial charge is 0.369 e. The molecular weight excluding hydrogens is 258 g/mol. The van der Waals surface area contributed by atoms with Gasteiger partial charge in [0.05, 0.1) is 0 Å². The van der Waals surface area contributed by atoms with Crippen LogP contribution in [0.25, 0.3) is 0 Å². The van der Waals surface area contributed by atoms with Crippen LogP contribution in [-0.4, -0.2) is 43.2 Å². The maximum Gasteiger partial charge on any atom is 0.0370 e. The second-order valence-electron chi connectivity index (χ2n) is 6.57. The molecule has 1 unspecified atom stereocenters. The number of nitrogens with one attached hydrogen (secondary N) is 1. The van der Waals surface area contributed by atoms with Gasteiger partial charge < -0.3 is 10.2 Å². The van der Waals surface area contributed by atoms with Gasteiger partial charge in [-0.25, -0.2) is 0 Å². The van der Waals surface area contributed by atoms with Crippen LogP contribution >= 0.6 is 0 Å². The van der Waals surface area contributed by atoms with E-state index in [9.17, 15) is 0 Å². The number of benzene rings is 1. The average Bonchev–Trinajstić information content (AvgIpc) is 2.45. The molecular formula is C18H31N3. The Bertz CT molecular complexity index is 456. The van der Waals surface area contributed by atoms with E-state index in [-0.39, 0.29) is 0 Å². The molecule has 1 fully saturated rings. The maximum absolute atomic E-state index is 3.50. The first-order valence-corrected chi connectivity index (χ1v) is 8.33. The predicted octanol–water partition coefficient (Wildman–Crippen LogP) is 3.02. The van der Waals surface area contributed by atoms with Crippen LogP contribution in [0, 0.1) is 6.92 Å². The zero-order chi connectivity index (χ0) is 15.4. The minimum atomic E-state index is 0.534. The van der Waals surface area contributed by atoms with Gasteiger partial charge in [0.25, 0.3) is 0 Å².